The quantitative estimate of drug-likeness (QED) is 0.172. The smallest absolute Gasteiger partial charge is 0.142 e. The van der Waals surface area contributed by atoms with Crippen LogP contribution >= 0.6 is 0 Å². The molecule has 0 spiro atoms. The van der Waals surface area contributed by atoms with Gasteiger partial charge in [-0.1, -0.05) is 120 Å². The zero-order chi connectivity index (χ0) is 45.8. The number of ether oxygens (including phenoxy) is 6. The Morgan fingerprint density at radius 3 is 1.48 bits per heavy atom. The lowest BCUT2D eigenvalue weighted by atomic mass is 9.69. The Kier molecular flexibility index (Phi) is 14.8. The lowest BCUT2D eigenvalue weighted by Crippen LogP contribution is -2.26. The number of benzene rings is 7. The van der Waals surface area contributed by atoms with E-state index >= 15 is 0 Å². The van der Waals surface area contributed by atoms with Crippen molar-refractivity contribution in [2.75, 3.05) is 20.3 Å². The van der Waals surface area contributed by atoms with Gasteiger partial charge in [-0.25, -0.2) is 0 Å². The van der Waals surface area contributed by atoms with E-state index in [4.69, 9.17) is 28.4 Å². The minimum Gasteiger partial charge on any atom is -0.497 e. The molecule has 7 aromatic rings. The monoisotopic (exact) mass is 892 g/mol. The van der Waals surface area contributed by atoms with Crippen LogP contribution in [-0.2, 0) is 5.41 Å². The van der Waals surface area contributed by atoms with Crippen LogP contribution in [0.1, 0.15) is 120 Å². The van der Waals surface area contributed by atoms with Gasteiger partial charge in [-0.05, 0) is 162 Å². The van der Waals surface area contributed by atoms with Gasteiger partial charge < -0.3 is 28.4 Å². The number of rotatable bonds is 5. The Morgan fingerprint density at radius 2 is 0.955 bits per heavy atom. The Hall–Kier alpha value is -6.66. The molecular weight excluding hydrogens is 829 g/mol. The van der Waals surface area contributed by atoms with Gasteiger partial charge in [-0.3, -0.25) is 0 Å². The molecule has 0 aromatic heterocycles. The minimum absolute atomic E-state index is 0.204. The largest absolute Gasteiger partial charge is 0.497 e. The van der Waals surface area contributed by atoms with Gasteiger partial charge in [0.05, 0.1) is 20.3 Å². The second-order valence-corrected chi connectivity index (χ2v) is 18.0. The average Bonchev–Trinajstić information content (AvgIpc) is 3.64. The molecule has 0 N–H and O–H groups in total. The van der Waals surface area contributed by atoms with Gasteiger partial charge >= 0.3 is 0 Å². The summed E-state index contributed by atoms with van der Waals surface area (Å²) < 4.78 is 37.9. The fourth-order valence-electron chi connectivity index (χ4n) is 10.2. The van der Waals surface area contributed by atoms with E-state index in [2.05, 4.69) is 80.6 Å². The third-order valence-electron chi connectivity index (χ3n) is 13.4. The standard InChI is InChI=1S/C61H64O6/c1-4-39-61(40-5-2)57-18-14-13-17-54(57)58-53-38-36-52(62-3)43-56(53)60-55(59(58)61)37-21-44-19-22-47(23-20-44)65-48-28-24-45(25-29-48)63-41-15-11-9-7-6-8-10-12-16-42-64-46-26-30-49(31-27-46)66-50-32-34-51(67-60)35-33-50/h13-14,17-38,43H,4-12,15-16,39-42H2,1-3H3/b37-21-. The Morgan fingerprint density at radius 1 is 0.478 bits per heavy atom. The van der Waals surface area contributed by atoms with Gasteiger partial charge in [0.25, 0.3) is 0 Å². The lowest BCUT2D eigenvalue weighted by Gasteiger charge is -2.34. The zero-order valence-corrected chi connectivity index (χ0v) is 39.5. The van der Waals surface area contributed by atoms with E-state index in [9.17, 15) is 0 Å². The van der Waals surface area contributed by atoms with E-state index in [0.717, 1.165) is 120 Å². The summed E-state index contributed by atoms with van der Waals surface area (Å²) in [5.41, 5.74) is 7.22. The van der Waals surface area contributed by atoms with Crippen molar-refractivity contribution in [3.63, 3.8) is 0 Å². The Bertz CT molecular complexity index is 2730. The van der Waals surface area contributed by atoms with E-state index < -0.39 is 0 Å². The fraction of sp³-hybridized carbons (Fsp3) is 0.311. The molecule has 0 saturated heterocycles. The second-order valence-electron chi connectivity index (χ2n) is 18.0. The highest BCUT2D eigenvalue weighted by Gasteiger charge is 2.45. The normalized spacial score (nSPS) is 15.8. The molecule has 0 radical (unpaired) electrons. The third kappa shape index (κ3) is 10.5. The molecule has 0 atom stereocenters. The van der Waals surface area contributed by atoms with Crippen LogP contribution < -0.4 is 28.4 Å². The third-order valence-corrected chi connectivity index (χ3v) is 13.4. The molecule has 6 nitrogen and oxygen atoms in total. The van der Waals surface area contributed by atoms with Crippen molar-refractivity contribution in [1.29, 1.82) is 0 Å². The molecule has 0 amide bonds. The Labute approximate surface area is 397 Å². The lowest BCUT2D eigenvalue weighted by molar-refractivity contribution is 0.302. The number of hydrogen-bond donors (Lipinski definition) is 0. The maximum absolute atomic E-state index is 7.19. The first-order valence-electron chi connectivity index (χ1n) is 24.7. The Balaban J connectivity index is 1.09. The molecule has 0 saturated carbocycles. The van der Waals surface area contributed by atoms with Crippen LogP contribution in [0.15, 0.2) is 140 Å². The van der Waals surface area contributed by atoms with Crippen LogP contribution in [0.25, 0.3) is 34.1 Å². The highest BCUT2D eigenvalue weighted by molar-refractivity contribution is 6.09. The summed E-state index contributed by atoms with van der Waals surface area (Å²) in [6.45, 7) is 6.06. The van der Waals surface area contributed by atoms with Crippen molar-refractivity contribution in [2.45, 2.75) is 103 Å². The fourth-order valence-corrected chi connectivity index (χ4v) is 10.2. The molecular formula is C61H64O6. The highest BCUT2D eigenvalue weighted by atomic mass is 16.5. The molecule has 67 heavy (non-hydrogen) atoms. The van der Waals surface area contributed by atoms with Gasteiger partial charge in [0.2, 0.25) is 0 Å². The highest BCUT2D eigenvalue weighted by Crippen LogP contribution is 2.60. The predicted octanol–water partition coefficient (Wildman–Crippen LogP) is 17.5. The summed E-state index contributed by atoms with van der Waals surface area (Å²) >= 11 is 0. The van der Waals surface area contributed by atoms with Crippen molar-refractivity contribution in [1.82, 2.24) is 0 Å². The molecule has 0 unspecified atom stereocenters. The summed E-state index contributed by atoms with van der Waals surface area (Å²) in [6, 6.07) is 47.6. The van der Waals surface area contributed by atoms with Crippen molar-refractivity contribution in [3.05, 3.63) is 162 Å². The molecule has 1 aliphatic carbocycles. The number of methoxy groups -OCH3 is 1. The molecule has 7 aliphatic rings. The van der Waals surface area contributed by atoms with Gasteiger partial charge in [0.15, 0.2) is 0 Å². The summed E-state index contributed by atoms with van der Waals surface area (Å²) in [5.74, 6) is 7.04. The molecule has 8 bridgehead atoms. The van der Waals surface area contributed by atoms with Crippen molar-refractivity contribution < 1.29 is 28.4 Å². The maximum atomic E-state index is 7.19. The molecule has 14 rings (SSSR count). The van der Waals surface area contributed by atoms with Crippen molar-refractivity contribution >= 4 is 22.9 Å². The van der Waals surface area contributed by atoms with Crippen molar-refractivity contribution in [3.8, 4) is 62.9 Å². The summed E-state index contributed by atoms with van der Waals surface area (Å²) in [6.07, 6.45) is 19.5. The first kappa shape index (κ1) is 45.5. The van der Waals surface area contributed by atoms with E-state index in [0.29, 0.717) is 5.75 Å². The van der Waals surface area contributed by atoms with Gasteiger partial charge in [-0.2, -0.15) is 0 Å². The molecule has 6 aliphatic heterocycles. The van der Waals surface area contributed by atoms with Crippen molar-refractivity contribution in [2.24, 2.45) is 0 Å². The molecule has 6 heterocycles. The van der Waals surface area contributed by atoms with Crippen LogP contribution in [-0.4, -0.2) is 20.3 Å². The topological polar surface area (TPSA) is 55.4 Å². The second kappa shape index (κ2) is 21.8. The maximum Gasteiger partial charge on any atom is 0.142 e. The minimum atomic E-state index is -0.204. The number of fused-ring (bicyclic) bond motifs is 7. The predicted molar refractivity (Wildman–Crippen MR) is 274 cm³/mol. The molecule has 6 heteroatoms. The first-order chi connectivity index (χ1) is 33.0. The van der Waals surface area contributed by atoms with E-state index in [1.807, 2.05) is 84.9 Å². The van der Waals surface area contributed by atoms with Crippen LogP contribution in [0.5, 0.6) is 51.7 Å². The molecule has 0 fully saturated rings. The summed E-state index contributed by atoms with van der Waals surface area (Å²) in [5, 5.41) is 2.14. The van der Waals surface area contributed by atoms with E-state index in [-0.39, 0.29) is 5.41 Å². The number of hydrogen-bond acceptors (Lipinski definition) is 6. The van der Waals surface area contributed by atoms with Gasteiger partial charge in [-0.15, -0.1) is 0 Å². The van der Waals surface area contributed by atoms with Gasteiger partial charge in [0.1, 0.15) is 51.7 Å². The summed E-state index contributed by atoms with van der Waals surface area (Å²) in [7, 11) is 1.72. The zero-order valence-electron chi connectivity index (χ0n) is 39.5. The molecule has 7 aromatic carbocycles. The van der Waals surface area contributed by atoms with E-state index in [1.165, 1.54) is 67.2 Å². The first-order valence-corrected chi connectivity index (χ1v) is 24.7. The van der Waals surface area contributed by atoms with Crippen LogP contribution in [0.4, 0.5) is 0 Å². The van der Waals surface area contributed by atoms with Crippen LogP contribution in [0.2, 0.25) is 0 Å². The van der Waals surface area contributed by atoms with Crippen LogP contribution in [0.3, 0.4) is 0 Å². The van der Waals surface area contributed by atoms with E-state index in [1.54, 1.807) is 7.11 Å². The van der Waals surface area contributed by atoms with Gasteiger partial charge in [0, 0.05) is 16.4 Å². The SMILES string of the molecule is CCCC1(CCC)c2ccccc2-c2c1c1c(c3cc(OC)ccc23)Oc2ccc(cc2)Oc2ccc(cc2)OCCCCCCCCCCCOc2ccc(cc2)Oc2ccc(cc2)/C=C\1. The summed E-state index contributed by atoms with van der Waals surface area (Å²) in [4.78, 5) is 0. The van der Waals surface area contributed by atoms with Crippen LogP contribution in [0, 0.1) is 0 Å². The average molecular weight is 893 g/mol. The molecule has 344 valence electrons.